The molecule has 0 aromatic rings. The van der Waals surface area contributed by atoms with E-state index in [4.69, 9.17) is 0 Å². The number of amides is 2. The van der Waals surface area contributed by atoms with Crippen molar-refractivity contribution in [3.8, 4) is 0 Å². The zero-order valence-corrected chi connectivity index (χ0v) is 14.3. The van der Waals surface area contributed by atoms with Gasteiger partial charge in [-0.2, -0.15) is 0 Å². The van der Waals surface area contributed by atoms with E-state index < -0.39 is 0 Å². The molecule has 2 aliphatic rings. The largest absolute Gasteiger partial charge is 0.350 e. The monoisotopic (exact) mass is 331 g/mol. The third-order valence-electron chi connectivity index (χ3n) is 4.81. The minimum atomic E-state index is -0.0789. The Labute approximate surface area is 139 Å². The molecule has 0 bridgehead atoms. The predicted molar refractivity (Wildman–Crippen MR) is 90.1 cm³/mol. The first-order valence-electron chi connectivity index (χ1n) is 8.44. The summed E-state index contributed by atoms with van der Waals surface area (Å²) in [5.74, 6) is 0.648. The van der Waals surface area contributed by atoms with Crippen molar-refractivity contribution in [2.75, 3.05) is 13.1 Å². The van der Waals surface area contributed by atoms with Crippen molar-refractivity contribution in [2.45, 2.75) is 70.4 Å². The van der Waals surface area contributed by atoms with Crippen molar-refractivity contribution >= 4 is 24.2 Å². The molecule has 1 aliphatic carbocycles. The lowest BCUT2D eigenvalue weighted by molar-refractivity contribution is -0.126. The molecular weight excluding hydrogens is 302 g/mol. The van der Waals surface area contributed by atoms with Crippen LogP contribution in [0.15, 0.2) is 0 Å². The molecule has 0 spiro atoms. The van der Waals surface area contributed by atoms with Crippen molar-refractivity contribution in [1.82, 2.24) is 16.0 Å². The maximum absolute atomic E-state index is 11.9. The van der Waals surface area contributed by atoms with Gasteiger partial charge in [0.1, 0.15) is 0 Å². The number of carbonyl (C=O) groups is 2. The van der Waals surface area contributed by atoms with Crippen molar-refractivity contribution in [3.05, 3.63) is 0 Å². The van der Waals surface area contributed by atoms with Crippen LogP contribution >= 0.6 is 12.4 Å². The van der Waals surface area contributed by atoms with Gasteiger partial charge in [-0.1, -0.05) is 25.7 Å². The van der Waals surface area contributed by atoms with E-state index in [9.17, 15) is 9.59 Å². The lowest BCUT2D eigenvalue weighted by Gasteiger charge is -2.30. The number of carbonyl (C=O) groups excluding carboxylic acids is 2. The molecule has 1 saturated carbocycles. The molecule has 2 rings (SSSR count). The molecule has 3 N–H and O–H groups in total. The first kappa shape index (κ1) is 19.2. The van der Waals surface area contributed by atoms with Crippen LogP contribution in [0.3, 0.4) is 0 Å². The molecule has 5 nitrogen and oxygen atoms in total. The number of piperidine rings is 1. The van der Waals surface area contributed by atoms with Crippen LogP contribution in [0.4, 0.5) is 0 Å². The Morgan fingerprint density at radius 2 is 1.82 bits per heavy atom. The highest BCUT2D eigenvalue weighted by Crippen LogP contribution is 2.28. The van der Waals surface area contributed by atoms with E-state index in [1.807, 2.05) is 0 Å². The van der Waals surface area contributed by atoms with Crippen molar-refractivity contribution in [2.24, 2.45) is 5.92 Å². The van der Waals surface area contributed by atoms with Gasteiger partial charge in [-0.05, 0) is 38.6 Å². The van der Waals surface area contributed by atoms with Crippen LogP contribution in [0.5, 0.6) is 0 Å². The number of hydrogen-bond acceptors (Lipinski definition) is 3. The molecular formula is C16H30ClN3O2. The topological polar surface area (TPSA) is 70.2 Å². The first-order chi connectivity index (χ1) is 10.1. The SMILES string of the molecule is CC1NCCCC1NC(=O)CNC(=O)CCC1CCCC1.Cl. The molecule has 2 fully saturated rings. The number of rotatable bonds is 6. The maximum atomic E-state index is 11.9. The summed E-state index contributed by atoms with van der Waals surface area (Å²) in [6.45, 7) is 3.21. The molecule has 1 saturated heterocycles. The molecule has 6 heteroatoms. The van der Waals surface area contributed by atoms with Gasteiger partial charge in [0.2, 0.25) is 11.8 Å². The summed E-state index contributed by atoms with van der Waals surface area (Å²) in [7, 11) is 0. The lowest BCUT2D eigenvalue weighted by atomic mass is 10.00. The van der Waals surface area contributed by atoms with E-state index in [-0.39, 0.29) is 36.8 Å². The van der Waals surface area contributed by atoms with Gasteiger partial charge in [0.05, 0.1) is 6.54 Å². The first-order valence-corrected chi connectivity index (χ1v) is 8.44. The molecule has 2 unspecified atom stereocenters. The van der Waals surface area contributed by atoms with E-state index in [0.717, 1.165) is 31.7 Å². The Balaban J connectivity index is 0.00000242. The zero-order valence-electron chi connectivity index (χ0n) is 13.5. The van der Waals surface area contributed by atoms with Crippen molar-refractivity contribution < 1.29 is 9.59 Å². The molecule has 1 aliphatic heterocycles. The quantitative estimate of drug-likeness (QED) is 0.694. The fourth-order valence-electron chi connectivity index (χ4n) is 3.40. The van der Waals surface area contributed by atoms with Gasteiger partial charge in [-0.15, -0.1) is 12.4 Å². The van der Waals surface area contributed by atoms with Crippen LogP contribution in [0.1, 0.15) is 58.3 Å². The van der Waals surface area contributed by atoms with E-state index in [0.29, 0.717) is 12.5 Å². The third kappa shape index (κ3) is 6.53. The molecule has 2 amide bonds. The van der Waals surface area contributed by atoms with Gasteiger partial charge >= 0.3 is 0 Å². The Hall–Kier alpha value is -0.810. The average molecular weight is 332 g/mol. The van der Waals surface area contributed by atoms with Crippen molar-refractivity contribution in [1.29, 1.82) is 0 Å². The number of hydrogen-bond donors (Lipinski definition) is 3. The van der Waals surface area contributed by atoms with E-state index >= 15 is 0 Å². The predicted octanol–water partition coefficient (Wildman–Crippen LogP) is 1.75. The minimum absolute atomic E-state index is 0. The molecule has 22 heavy (non-hydrogen) atoms. The summed E-state index contributed by atoms with van der Waals surface area (Å²) in [6.07, 6.45) is 8.76. The molecule has 2 atom stereocenters. The zero-order chi connectivity index (χ0) is 15.1. The van der Waals surface area contributed by atoms with E-state index in [1.54, 1.807) is 0 Å². The number of halogens is 1. The summed E-state index contributed by atoms with van der Waals surface area (Å²) in [4.78, 5) is 23.6. The van der Waals surface area contributed by atoms with E-state index in [1.165, 1.54) is 25.7 Å². The van der Waals surface area contributed by atoms with Gasteiger partial charge in [-0.3, -0.25) is 9.59 Å². The molecule has 0 radical (unpaired) electrons. The summed E-state index contributed by atoms with van der Waals surface area (Å²) in [6, 6.07) is 0.488. The van der Waals surface area contributed by atoms with Gasteiger partial charge < -0.3 is 16.0 Å². The molecule has 0 aromatic heterocycles. The summed E-state index contributed by atoms with van der Waals surface area (Å²) in [5.41, 5.74) is 0. The van der Waals surface area contributed by atoms with Crippen LogP contribution < -0.4 is 16.0 Å². The second-order valence-corrected chi connectivity index (χ2v) is 6.52. The van der Waals surface area contributed by atoms with Gasteiger partial charge in [-0.25, -0.2) is 0 Å². The smallest absolute Gasteiger partial charge is 0.239 e. The van der Waals surface area contributed by atoms with E-state index in [2.05, 4.69) is 22.9 Å². The highest BCUT2D eigenvalue weighted by Gasteiger charge is 2.22. The summed E-state index contributed by atoms with van der Waals surface area (Å²) >= 11 is 0. The highest BCUT2D eigenvalue weighted by molar-refractivity contribution is 5.85. The highest BCUT2D eigenvalue weighted by atomic mass is 35.5. The summed E-state index contributed by atoms with van der Waals surface area (Å²) < 4.78 is 0. The lowest BCUT2D eigenvalue weighted by Crippen LogP contribution is -2.53. The fraction of sp³-hybridized carbons (Fsp3) is 0.875. The summed E-state index contributed by atoms with van der Waals surface area (Å²) in [5, 5.41) is 9.10. The van der Waals surface area contributed by atoms with Gasteiger partial charge in [0.15, 0.2) is 0 Å². The van der Waals surface area contributed by atoms with Crippen LogP contribution in [0, 0.1) is 5.92 Å². The maximum Gasteiger partial charge on any atom is 0.239 e. The normalized spacial score (nSPS) is 25.3. The Kier molecular flexibility index (Phi) is 8.79. The van der Waals surface area contributed by atoms with Crippen LogP contribution in [-0.4, -0.2) is 37.0 Å². The van der Waals surface area contributed by atoms with Crippen LogP contribution in [-0.2, 0) is 9.59 Å². The van der Waals surface area contributed by atoms with Gasteiger partial charge in [0, 0.05) is 18.5 Å². The van der Waals surface area contributed by atoms with Gasteiger partial charge in [0.25, 0.3) is 0 Å². The average Bonchev–Trinajstić information content (AvgIpc) is 2.99. The Morgan fingerprint density at radius 1 is 1.09 bits per heavy atom. The molecule has 0 aromatic carbocycles. The second kappa shape index (κ2) is 10.1. The molecule has 128 valence electrons. The van der Waals surface area contributed by atoms with Crippen LogP contribution in [0.2, 0.25) is 0 Å². The standard InChI is InChI=1S/C16H29N3O2.ClH/c1-12-14(7-4-10-17-12)19-16(21)11-18-15(20)9-8-13-5-2-3-6-13;/h12-14,17H,2-11H2,1H3,(H,18,20)(H,19,21);1H. The van der Waals surface area contributed by atoms with Crippen LogP contribution in [0.25, 0.3) is 0 Å². The fourth-order valence-corrected chi connectivity index (χ4v) is 3.40. The molecule has 1 heterocycles. The minimum Gasteiger partial charge on any atom is -0.350 e. The Morgan fingerprint density at radius 3 is 2.50 bits per heavy atom. The van der Waals surface area contributed by atoms with Crippen molar-refractivity contribution in [3.63, 3.8) is 0 Å². The number of nitrogens with one attached hydrogen (secondary N) is 3. The third-order valence-corrected chi connectivity index (χ3v) is 4.81. The second-order valence-electron chi connectivity index (χ2n) is 6.52. The Bertz CT molecular complexity index is 359.